The van der Waals surface area contributed by atoms with Crippen LogP contribution in [0.25, 0.3) is 22.6 Å². The zero-order valence-corrected chi connectivity index (χ0v) is 19.7. The van der Waals surface area contributed by atoms with Gasteiger partial charge in [0, 0.05) is 37.9 Å². The number of likely N-dealkylation sites (N-methyl/N-ethyl adjacent to an activating group) is 1. The van der Waals surface area contributed by atoms with Crippen LogP contribution in [0.1, 0.15) is 19.0 Å². The van der Waals surface area contributed by atoms with E-state index in [9.17, 15) is 9.18 Å². The molecule has 3 aromatic rings. The molecule has 0 unspecified atom stereocenters. The van der Waals surface area contributed by atoms with Gasteiger partial charge in [-0.2, -0.15) is 0 Å². The van der Waals surface area contributed by atoms with Crippen LogP contribution in [-0.2, 0) is 14.3 Å². The predicted molar refractivity (Wildman–Crippen MR) is 127 cm³/mol. The fourth-order valence-electron chi connectivity index (χ4n) is 4.06. The van der Waals surface area contributed by atoms with Crippen LogP contribution in [0.4, 0.5) is 10.3 Å². The highest BCUT2D eigenvalue weighted by molar-refractivity contribution is 5.81. The molecule has 1 amide bonds. The second kappa shape index (κ2) is 9.33. The molecule has 0 radical (unpaired) electrons. The summed E-state index contributed by atoms with van der Waals surface area (Å²) in [5, 5.41) is 0. The van der Waals surface area contributed by atoms with Crippen molar-refractivity contribution in [3.8, 4) is 22.6 Å². The minimum absolute atomic E-state index is 0.107. The van der Waals surface area contributed by atoms with Crippen molar-refractivity contribution in [2.45, 2.75) is 13.2 Å². The van der Waals surface area contributed by atoms with Gasteiger partial charge in [-0.3, -0.25) is 4.79 Å². The summed E-state index contributed by atoms with van der Waals surface area (Å²) >= 11 is 0. The summed E-state index contributed by atoms with van der Waals surface area (Å²) in [6, 6.07) is 7.89. The van der Waals surface area contributed by atoms with E-state index in [0.717, 1.165) is 26.2 Å². The fourth-order valence-corrected chi connectivity index (χ4v) is 4.06. The molecule has 11 heteroatoms. The number of rotatable bonds is 5. The summed E-state index contributed by atoms with van der Waals surface area (Å²) in [5.74, 6) is 0.237. The number of aromatic amines is 1. The first-order chi connectivity index (χ1) is 16.8. The molecule has 5 rings (SSSR count). The van der Waals surface area contributed by atoms with Crippen molar-refractivity contribution < 1.29 is 18.7 Å². The lowest BCUT2D eigenvalue weighted by atomic mass is 9.91. The van der Waals surface area contributed by atoms with E-state index in [1.54, 1.807) is 31.3 Å². The smallest absolute Gasteiger partial charge is 0.228 e. The van der Waals surface area contributed by atoms with E-state index in [-0.39, 0.29) is 19.0 Å². The highest BCUT2D eigenvalue weighted by Crippen LogP contribution is 2.35. The average Bonchev–Trinajstić information content (AvgIpc) is 3.31. The van der Waals surface area contributed by atoms with Gasteiger partial charge in [0.15, 0.2) is 5.82 Å². The number of primary amides is 1. The van der Waals surface area contributed by atoms with E-state index in [2.05, 4.69) is 26.8 Å². The van der Waals surface area contributed by atoms with Gasteiger partial charge < -0.3 is 30.0 Å². The van der Waals surface area contributed by atoms with E-state index < -0.39 is 17.6 Å². The third-order valence-electron chi connectivity index (χ3n) is 6.45. The molecule has 2 saturated heterocycles. The van der Waals surface area contributed by atoms with Crippen LogP contribution in [0, 0.1) is 11.2 Å². The van der Waals surface area contributed by atoms with Crippen molar-refractivity contribution in [3.05, 3.63) is 48.2 Å². The Labute approximate surface area is 202 Å². The summed E-state index contributed by atoms with van der Waals surface area (Å²) in [7, 11) is 2.09. The molecule has 3 N–H and O–H groups in total. The number of ether oxygens (including phenoxy) is 2. The van der Waals surface area contributed by atoms with E-state index in [1.807, 2.05) is 0 Å². The van der Waals surface area contributed by atoms with Crippen LogP contribution >= 0.6 is 0 Å². The Hall–Kier alpha value is -3.41. The molecule has 2 aliphatic heterocycles. The van der Waals surface area contributed by atoms with E-state index in [0.29, 0.717) is 34.4 Å². The van der Waals surface area contributed by atoms with Crippen molar-refractivity contribution >= 4 is 11.9 Å². The highest BCUT2D eigenvalue weighted by atomic mass is 19.1. The van der Waals surface area contributed by atoms with Gasteiger partial charge in [0.2, 0.25) is 18.1 Å². The summed E-state index contributed by atoms with van der Waals surface area (Å²) in [4.78, 5) is 33.5. The molecule has 0 saturated carbocycles. The standard InChI is InChI=1S/C24H28FN7O3/c1-24(22(26)33)13-34-21(35-14-24)20-29-18(15-3-5-16(25)6-4-15)19(30-20)17-7-8-27-23(28-17)32-11-9-31(2)10-12-32/h3-8,21H,9-14H2,1-2H3,(H2,26,33)(H,29,30). The second-order valence-electron chi connectivity index (χ2n) is 9.26. The minimum Gasteiger partial charge on any atom is -0.369 e. The van der Waals surface area contributed by atoms with Crippen LogP contribution in [0.5, 0.6) is 0 Å². The number of piperazine rings is 1. The molecule has 4 heterocycles. The molecule has 35 heavy (non-hydrogen) atoms. The number of halogens is 1. The van der Waals surface area contributed by atoms with Crippen LogP contribution in [0.3, 0.4) is 0 Å². The Morgan fingerprint density at radius 3 is 2.46 bits per heavy atom. The van der Waals surface area contributed by atoms with Crippen LogP contribution in [0.15, 0.2) is 36.5 Å². The fraction of sp³-hybridized carbons (Fsp3) is 0.417. The number of hydrogen-bond acceptors (Lipinski definition) is 8. The molecule has 0 spiro atoms. The van der Waals surface area contributed by atoms with E-state index in [4.69, 9.17) is 25.2 Å². The first-order valence-corrected chi connectivity index (χ1v) is 11.5. The first kappa shape index (κ1) is 23.3. The SMILES string of the molecule is CN1CCN(c2nccc(-c3[nH]c(C4OCC(C)(C(N)=O)CO4)nc3-c3ccc(F)cc3)n2)CC1. The van der Waals surface area contributed by atoms with Crippen LogP contribution in [-0.4, -0.2) is 77.2 Å². The van der Waals surface area contributed by atoms with E-state index >= 15 is 0 Å². The predicted octanol–water partition coefficient (Wildman–Crippen LogP) is 1.96. The molecule has 10 nitrogen and oxygen atoms in total. The molecular formula is C24H28FN7O3. The van der Waals surface area contributed by atoms with Gasteiger partial charge in [-0.15, -0.1) is 0 Å². The zero-order valence-electron chi connectivity index (χ0n) is 19.7. The summed E-state index contributed by atoms with van der Waals surface area (Å²) < 4.78 is 25.2. The maximum absolute atomic E-state index is 13.6. The van der Waals surface area contributed by atoms with Crippen molar-refractivity contribution in [2.75, 3.05) is 51.3 Å². The average molecular weight is 482 g/mol. The quantitative estimate of drug-likeness (QED) is 0.567. The molecule has 0 bridgehead atoms. The molecule has 0 aliphatic carbocycles. The van der Waals surface area contributed by atoms with Gasteiger partial charge in [-0.1, -0.05) is 0 Å². The Kier molecular flexibility index (Phi) is 6.22. The number of H-pyrrole nitrogens is 1. The number of nitrogens with zero attached hydrogens (tertiary/aromatic N) is 5. The largest absolute Gasteiger partial charge is 0.369 e. The summed E-state index contributed by atoms with van der Waals surface area (Å²) in [5.41, 5.74) is 7.15. The van der Waals surface area contributed by atoms with Gasteiger partial charge in [0.1, 0.15) is 5.82 Å². The maximum Gasteiger partial charge on any atom is 0.228 e. The van der Waals surface area contributed by atoms with Gasteiger partial charge in [0.25, 0.3) is 0 Å². The minimum atomic E-state index is -0.907. The second-order valence-corrected chi connectivity index (χ2v) is 9.26. The molecule has 1 aromatic carbocycles. The number of imidazole rings is 1. The lowest BCUT2D eigenvalue weighted by Crippen LogP contribution is -2.46. The van der Waals surface area contributed by atoms with Crippen LogP contribution in [0.2, 0.25) is 0 Å². The monoisotopic (exact) mass is 481 g/mol. The van der Waals surface area contributed by atoms with Gasteiger partial charge >= 0.3 is 0 Å². The molecule has 184 valence electrons. The Morgan fingerprint density at radius 2 is 1.80 bits per heavy atom. The molecule has 2 aliphatic rings. The van der Waals surface area contributed by atoms with Crippen molar-refractivity contribution in [1.29, 1.82) is 0 Å². The number of nitrogens with two attached hydrogens (primary N) is 1. The molecular weight excluding hydrogens is 453 g/mol. The van der Waals surface area contributed by atoms with Gasteiger partial charge in [-0.05, 0) is 44.3 Å². The van der Waals surface area contributed by atoms with Crippen LogP contribution < -0.4 is 10.6 Å². The normalized spacial score (nSPS) is 23.4. The highest BCUT2D eigenvalue weighted by Gasteiger charge is 2.39. The number of benzene rings is 1. The third kappa shape index (κ3) is 4.75. The number of carbonyl (C=O) groups is 1. The van der Waals surface area contributed by atoms with Gasteiger partial charge in [0.05, 0.1) is 35.7 Å². The lowest BCUT2D eigenvalue weighted by molar-refractivity contribution is -0.230. The van der Waals surface area contributed by atoms with Gasteiger partial charge in [-0.25, -0.2) is 19.3 Å². The van der Waals surface area contributed by atoms with Crippen molar-refractivity contribution in [3.63, 3.8) is 0 Å². The van der Waals surface area contributed by atoms with E-state index in [1.165, 1.54) is 12.1 Å². The number of carbonyl (C=O) groups excluding carboxylic acids is 1. The Morgan fingerprint density at radius 1 is 1.11 bits per heavy atom. The maximum atomic E-state index is 13.6. The molecule has 2 fully saturated rings. The number of hydrogen-bond donors (Lipinski definition) is 2. The zero-order chi connectivity index (χ0) is 24.6. The van der Waals surface area contributed by atoms with Crippen molar-refractivity contribution in [1.82, 2.24) is 24.8 Å². The number of amides is 1. The van der Waals surface area contributed by atoms with Crippen molar-refractivity contribution in [2.24, 2.45) is 11.1 Å². The summed E-state index contributed by atoms with van der Waals surface area (Å²) in [6.07, 6.45) is 0.908. The molecule has 2 aromatic heterocycles. The Balaban J connectivity index is 1.49. The first-order valence-electron chi connectivity index (χ1n) is 11.5. The third-order valence-corrected chi connectivity index (χ3v) is 6.45. The number of aromatic nitrogens is 4. The lowest BCUT2D eigenvalue weighted by Gasteiger charge is -2.34. The number of nitrogens with one attached hydrogen (secondary N) is 1. The number of anilines is 1. The summed E-state index contributed by atoms with van der Waals surface area (Å²) in [6.45, 7) is 5.45. The topological polar surface area (TPSA) is 122 Å². The Bertz CT molecular complexity index is 1200. The molecule has 0 atom stereocenters.